The second kappa shape index (κ2) is 3.61. The minimum atomic E-state index is -0.197. The molecular weight excluding hydrogens is 198 g/mol. The zero-order chi connectivity index (χ0) is 10.2. The van der Waals surface area contributed by atoms with E-state index < -0.39 is 0 Å². The zero-order valence-corrected chi connectivity index (χ0v) is 9.30. The molecule has 1 fully saturated rings. The largest absolute Gasteiger partial charge is 0.395 e. The van der Waals surface area contributed by atoms with Crippen molar-refractivity contribution in [1.29, 1.82) is 0 Å². The van der Waals surface area contributed by atoms with E-state index in [1.54, 1.807) is 11.3 Å². The highest BCUT2D eigenvalue weighted by Crippen LogP contribution is 2.34. The summed E-state index contributed by atoms with van der Waals surface area (Å²) >= 11 is 1.63. The average molecular weight is 213 g/mol. The van der Waals surface area contributed by atoms with E-state index in [9.17, 15) is 5.11 Å². The molecule has 1 aliphatic heterocycles. The van der Waals surface area contributed by atoms with Gasteiger partial charge in [-0.05, 0) is 5.92 Å². The standard InChI is InChI=1S/C10H15NO2S/c1-7(2)8-3-14-9(11-8)10(4-12)5-13-6-10/h3,7,12H,4-6H2,1-2H3. The van der Waals surface area contributed by atoms with Crippen molar-refractivity contribution in [2.75, 3.05) is 19.8 Å². The number of ether oxygens (including phenoxy) is 1. The maximum atomic E-state index is 9.32. The van der Waals surface area contributed by atoms with Crippen LogP contribution in [0.1, 0.15) is 30.5 Å². The van der Waals surface area contributed by atoms with Crippen LogP contribution in [0.25, 0.3) is 0 Å². The Hall–Kier alpha value is -0.450. The fraction of sp³-hybridized carbons (Fsp3) is 0.700. The van der Waals surface area contributed by atoms with Gasteiger partial charge in [0.25, 0.3) is 0 Å². The van der Waals surface area contributed by atoms with Gasteiger partial charge in [0.15, 0.2) is 0 Å². The molecule has 1 aromatic rings. The highest BCUT2D eigenvalue weighted by Gasteiger charge is 2.42. The van der Waals surface area contributed by atoms with Crippen molar-refractivity contribution < 1.29 is 9.84 Å². The lowest BCUT2D eigenvalue weighted by Gasteiger charge is -2.37. The molecule has 3 nitrogen and oxygen atoms in total. The Morgan fingerprint density at radius 3 is 2.71 bits per heavy atom. The highest BCUT2D eigenvalue weighted by atomic mass is 32.1. The Kier molecular flexibility index (Phi) is 2.60. The van der Waals surface area contributed by atoms with Crippen LogP contribution >= 0.6 is 11.3 Å². The molecule has 1 aromatic heterocycles. The number of hydrogen-bond acceptors (Lipinski definition) is 4. The van der Waals surface area contributed by atoms with Gasteiger partial charge in [0.05, 0.1) is 30.9 Å². The molecule has 14 heavy (non-hydrogen) atoms. The van der Waals surface area contributed by atoms with Gasteiger partial charge in [0.1, 0.15) is 5.01 Å². The van der Waals surface area contributed by atoms with Crippen LogP contribution < -0.4 is 0 Å². The fourth-order valence-corrected chi connectivity index (χ4v) is 2.57. The Balaban J connectivity index is 2.23. The second-order valence-electron chi connectivity index (χ2n) is 4.16. The second-order valence-corrected chi connectivity index (χ2v) is 5.02. The molecule has 1 N–H and O–H groups in total. The molecule has 0 aromatic carbocycles. The molecule has 0 bridgehead atoms. The summed E-state index contributed by atoms with van der Waals surface area (Å²) in [6, 6.07) is 0. The maximum Gasteiger partial charge on any atom is 0.106 e. The van der Waals surface area contributed by atoms with E-state index >= 15 is 0 Å². The van der Waals surface area contributed by atoms with Gasteiger partial charge in [0.2, 0.25) is 0 Å². The van der Waals surface area contributed by atoms with E-state index in [0.717, 1.165) is 10.7 Å². The zero-order valence-electron chi connectivity index (χ0n) is 8.49. The normalized spacial score (nSPS) is 19.7. The van der Waals surface area contributed by atoms with E-state index in [2.05, 4.69) is 24.2 Å². The first kappa shape index (κ1) is 10.1. The molecule has 78 valence electrons. The molecule has 0 spiro atoms. The summed E-state index contributed by atoms with van der Waals surface area (Å²) in [6.45, 7) is 5.60. The molecule has 2 rings (SSSR count). The van der Waals surface area contributed by atoms with Crippen LogP contribution in [0.15, 0.2) is 5.38 Å². The first-order valence-corrected chi connectivity index (χ1v) is 5.70. The lowest BCUT2D eigenvalue weighted by atomic mass is 9.88. The Morgan fingerprint density at radius 1 is 1.64 bits per heavy atom. The number of aromatic nitrogens is 1. The van der Waals surface area contributed by atoms with E-state index in [-0.39, 0.29) is 12.0 Å². The molecule has 0 amide bonds. The Labute approximate surface area is 87.7 Å². The van der Waals surface area contributed by atoms with E-state index in [4.69, 9.17) is 4.74 Å². The number of rotatable bonds is 3. The first-order valence-electron chi connectivity index (χ1n) is 4.82. The minimum Gasteiger partial charge on any atom is -0.395 e. The fourth-order valence-electron chi connectivity index (χ4n) is 1.43. The van der Waals surface area contributed by atoms with Crippen LogP contribution in [0.3, 0.4) is 0 Å². The van der Waals surface area contributed by atoms with Gasteiger partial charge >= 0.3 is 0 Å². The smallest absolute Gasteiger partial charge is 0.106 e. The third-order valence-electron chi connectivity index (χ3n) is 2.63. The third kappa shape index (κ3) is 1.47. The van der Waals surface area contributed by atoms with Crippen LogP contribution in [0.5, 0.6) is 0 Å². The number of nitrogens with zero attached hydrogens (tertiary/aromatic N) is 1. The summed E-state index contributed by atoms with van der Waals surface area (Å²) in [5.74, 6) is 0.455. The van der Waals surface area contributed by atoms with Crippen molar-refractivity contribution in [2.45, 2.75) is 25.2 Å². The molecule has 0 aliphatic carbocycles. The predicted molar refractivity (Wildman–Crippen MR) is 55.8 cm³/mol. The van der Waals surface area contributed by atoms with Gasteiger partial charge in [0, 0.05) is 5.38 Å². The van der Waals surface area contributed by atoms with E-state index in [1.165, 1.54) is 0 Å². The summed E-state index contributed by atoms with van der Waals surface area (Å²) in [7, 11) is 0. The minimum absolute atomic E-state index is 0.137. The topological polar surface area (TPSA) is 42.4 Å². The van der Waals surface area contributed by atoms with E-state index in [0.29, 0.717) is 19.1 Å². The Morgan fingerprint density at radius 2 is 2.36 bits per heavy atom. The summed E-state index contributed by atoms with van der Waals surface area (Å²) < 4.78 is 5.16. The first-order chi connectivity index (χ1) is 6.68. The van der Waals surface area contributed by atoms with Crippen molar-refractivity contribution in [1.82, 2.24) is 4.98 Å². The van der Waals surface area contributed by atoms with Crippen molar-refractivity contribution in [3.63, 3.8) is 0 Å². The van der Waals surface area contributed by atoms with Gasteiger partial charge in [-0.2, -0.15) is 0 Å². The van der Waals surface area contributed by atoms with Crippen molar-refractivity contribution in [3.05, 3.63) is 16.1 Å². The van der Waals surface area contributed by atoms with Crippen LogP contribution in [0.2, 0.25) is 0 Å². The molecule has 0 saturated carbocycles. The molecule has 1 aliphatic rings. The van der Waals surface area contributed by atoms with Gasteiger partial charge in [-0.3, -0.25) is 0 Å². The van der Waals surface area contributed by atoms with Gasteiger partial charge in [-0.15, -0.1) is 11.3 Å². The lowest BCUT2D eigenvalue weighted by Crippen LogP contribution is -2.49. The lowest BCUT2D eigenvalue weighted by molar-refractivity contribution is -0.0842. The van der Waals surface area contributed by atoms with Gasteiger partial charge < -0.3 is 9.84 Å². The molecule has 0 unspecified atom stereocenters. The SMILES string of the molecule is CC(C)c1csc(C2(CO)COC2)n1. The van der Waals surface area contributed by atoms with Crippen LogP contribution in [-0.4, -0.2) is 29.9 Å². The number of aliphatic hydroxyl groups excluding tert-OH is 1. The van der Waals surface area contributed by atoms with Crippen LogP contribution in [0.4, 0.5) is 0 Å². The van der Waals surface area contributed by atoms with Crippen molar-refractivity contribution in [3.8, 4) is 0 Å². The maximum absolute atomic E-state index is 9.32. The summed E-state index contributed by atoms with van der Waals surface area (Å²) in [4.78, 5) is 4.55. The van der Waals surface area contributed by atoms with Gasteiger partial charge in [-0.25, -0.2) is 4.98 Å². The highest BCUT2D eigenvalue weighted by molar-refractivity contribution is 7.09. The molecular formula is C10H15NO2S. The van der Waals surface area contributed by atoms with Crippen LogP contribution in [0, 0.1) is 0 Å². The summed E-state index contributed by atoms with van der Waals surface area (Å²) in [5.41, 5.74) is 0.919. The quantitative estimate of drug-likeness (QED) is 0.828. The average Bonchev–Trinajstić information content (AvgIpc) is 2.52. The number of thiazole rings is 1. The monoisotopic (exact) mass is 213 g/mol. The summed E-state index contributed by atoms with van der Waals surface area (Å²) in [5, 5.41) is 12.4. The predicted octanol–water partition coefficient (Wildman–Crippen LogP) is 1.53. The van der Waals surface area contributed by atoms with E-state index in [1.807, 2.05) is 0 Å². The summed E-state index contributed by atoms with van der Waals surface area (Å²) in [6.07, 6.45) is 0. The molecule has 0 radical (unpaired) electrons. The van der Waals surface area contributed by atoms with Crippen molar-refractivity contribution >= 4 is 11.3 Å². The molecule has 4 heteroatoms. The van der Waals surface area contributed by atoms with Crippen molar-refractivity contribution in [2.24, 2.45) is 0 Å². The third-order valence-corrected chi connectivity index (χ3v) is 3.73. The molecule has 0 atom stereocenters. The molecule has 2 heterocycles. The Bertz CT molecular complexity index is 312. The number of aliphatic hydroxyl groups is 1. The number of hydrogen-bond donors (Lipinski definition) is 1. The molecule has 1 saturated heterocycles. The van der Waals surface area contributed by atoms with Gasteiger partial charge in [-0.1, -0.05) is 13.8 Å². The van der Waals surface area contributed by atoms with Crippen LogP contribution in [-0.2, 0) is 10.2 Å².